The molecule has 0 aliphatic rings. The fourth-order valence-corrected chi connectivity index (χ4v) is 1.93. The van der Waals surface area contributed by atoms with Gasteiger partial charge in [-0.1, -0.05) is 18.5 Å². The highest BCUT2D eigenvalue weighted by atomic mass is 35.5. The quantitative estimate of drug-likeness (QED) is 0.821. The van der Waals surface area contributed by atoms with Crippen LogP contribution in [0.2, 0.25) is 5.02 Å². The van der Waals surface area contributed by atoms with Crippen LogP contribution in [0, 0.1) is 0 Å². The molecule has 4 heteroatoms. The van der Waals surface area contributed by atoms with E-state index in [0.29, 0.717) is 29.2 Å². The number of methoxy groups -OCH3 is 1. The van der Waals surface area contributed by atoms with Crippen molar-refractivity contribution in [3.05, 3.63) is 22.7 Å². The molecule has 0 saturated carbocycles. The molecule has 1 rings (SSSR count). The Hall–Kier alpha value is -0.930. The number of ether oxygens (including phenoxy) is 2. The molecule has 0 spiro atoms. The first kappa shape index (κ1) is 15.1. The lowest BCUT2D eigenvalue weighted by molar-refractivity contribution is 0.310. The van der Waals surface area contributed by atoms with E-state index in [0.717, 1.165) is 18.5 Å². The van der Waals surface area contributed by atoms with Crippen molar-refractivity contribution in [1.29, 1.82) is 0 Å². The average Bonchev–Trinajstić information content (AvgIpc) is 2.36. The highest BCUT2D eigenvalue weighted by Crippen LogP contribution is 2.36. The predicted octanol–water partition coefficient (Wildman–Crippen LogP) is 3.64. The summed E-state index contributed by atoms with van der Waals surface area (Å²) < 4.78 is 10.8. The first-order chi connectivity index (χ1) is 8.62. The van der Waals surface area contributed by atoms with Crippen LogP contribution < -0.4 is 14.8 Å². The predicted molar refractivity (Wildman–Crippen MR) is 75.8 cm³/mol. The number of nitrogens with one attached hydrogen (secondary N) is 1. The van der Waals surface area contributed by atoms with Crippen molar-refractivity contribution in [3.63, 3.8) is 0 Å². The topological polar surface area (TPSA) is 30.5 Å². The summed E-state index contributed by atoms with van der Waals surface area (Å²) in [7, 11) is 1.60. The summed E-state index contributed by atoms with van der Waals surface area (Å²) in [6.45, 7) is 7.63. The lowest BCUT2D eigenvalue weighted by Gasteiger charge is -2.15. The Morgan fingerprint density at radius 2 is 2.06 bits per heavy atom. The summed E-state index contributed by atoms with van der Waals surface area (Å²) in [5.41, 5.74) is 1.10. The molecule has 0 saturated heterocycles. The first-order valence-electron chi connectivity index (χ1n) is 6.34. The van der Waals surface area contributed by atoms with Gasteiger partial charge in [0.2, 0.25) is 0 Å². The van der Waals surface area contributed by atoms with Gasteiger partial charge in [-0.2, -0.15) is 0 Å². The van der Waals surface area contributed by atoms with Gasteiger partial charge in [0.25, 0.3) is 0 Å². The lowest BCUT2D eigenvalue weighted by atomic mass is 10.1. The number of rotatable bonds is 7. The van der Waals surface area contributed by atoms with E-state index in [1.807, 2.05) is 19.1 Å². The summed E-state index contributed by atoms with van der Waals surface area (Å²) in [5.74, 6) is 1.30. The van der Waals surface area contributed by atoms with Crippen LogP contribution in [0.1, 0.15) is 32.8 Å². The summed E-state index contributed by atoms with van der Waals surface area (Å²) in [6, 6.07) is 4.38. The summed E-state index contributed by atoms with van der Waals surface area (Å²) in [4.78, 5) is 0. The summed E-state index contributed by atoms with van der Waals surface area (Å²) >= 11 is 6.19. The molecule has 18 heavy (non-hydrogen) atoms. The maximum Gasteiger partial charge on any atom is 0.179 e. The van der Waals surface area contributed by atoms with Gasteiger partial charge < -0.3 is 14.8 Å². The first-order valence-corrected chi connectivity index (χ1v) is 6.72. The molecular weight excluding hydrogens is 250 g/mol. The van der Waals surface area contributed by atoms with Crippen molar-refractivity contribution in [2.45, 2.75) is 39.8 Å². The second kappa shape index (κ2) is 7.49. The largest absolute Gasteiger partial charge is 0.491 e. The minimum Gasteiger partial charge on any atom is -0.491 e. The summed E-state index contributed by atoms with van der Waals surface area (Å²) in [6.07, 6.45) is 1.10. The van der Waals surface area contributed by atoms with Crippen LogP contribution in [0.3, 0.4) is 0 Å². The fourth-order valence-electron chi connectivity index (χ4n) is 1.62. The normalized spacial score (nSPS) is 12.3. The molecule has 0 aliphatic heterocycles. The zero-order chi connectivity index (χ0) is 13.5. The molecule has 102 valence electrons. The van der Waals surface area contributed by atoms with Crippen LogP contribution >= 0.6 is 11.6 Å². The smallest absolute Gasteiger partial charge is 0.179 e. The Balaban J connectivity index is 2.86. The molecule has 0 aromatic heterocycles. The Kier molecular flexibility index (Phi) is 6.30. The van der Waals surface area contributed by atoms with E-state index in [-0.39, 0.29) is 0 Å². The van der Waals surface area contributed by atoms with Gasteiger partial charge in [-0.15, -0.1) is 0 Å². The van der Waals surface area contributed by atoms with Gasteiger partial charge in [0.1, 0.15) is 0 Å². The van der Waals surface area contributed by atoms with Crippen molar-refractivity contribution in [2.75, 3.05) is 13.7 Å². The third-order valence-electron chi connectivity index (χ3n) is 2.84. The summed E-state index contributed by atoms with van der Waals surface area (Å²) in [5, 5.41) is 4.01. The Morgan fingerprint density at radius 3 is 2.61 bits per heavy atom. The van der Waals surface area contributed by atoms with Gasteiger partial charge in [0.05, 0.1) is 18.7 Å². The minimum atomic E-state index is 0.487. The number of halogens is 1. The molecule has 0 bridgehead atoms. The van der Waals surface area contributed by atoms with E-state index < -0.39 is 0 Å². The minimum absolute atomic E-state index is 0.487. The molecule has 0 heterocycles. The van der Waals surface area contributed by atoms with Crippen LogP contribution in [-0.2, 0) is 6.54 Å². The fraction of sp³-hybridized carbons (Fsp3) is 0.571. The van der Waals surface area contributed by atoms with E-state index >= 15 is 0 Å². The van der Waals surface area contributed by atoms with Crippen molar-refractivity contribution >= 4 is 11.6 Å². The Bertz CT molecular complexity index is 382. The SMILES string of the molecule is CCOc1cc(CN[C@H](C)CC)cc(Cl)c1OC. The van der Waals surface area contributed by atoms with Gasteiger partial charge in [-0.05, 0) is 38.0 Å². The van der Waals surface area contributed by atoms with E-state index in [9.17, 15) is 0 Å². The van der Waals surface area contributed by atoms with Gasteiger partial charge >= 0.3 is 0 Å². The van der Waals surface area contributed by atoms with Crippen molar-refractivity contribution in [2.24, 2.45) is 0 Å². The van der Waals surface area contributed by atoms with E-state index in [1.54, 1.807) is 7.11 Å². The van der Waals surface area contributed by atoms with Crippen LogP contribution in [0.15, 0.2) is 12.1 Å². The maximum absolute atomic E-state index is 6.19. The standard InChI is InChI=1S/C14H22ClNO2/c1-5-10(3)16-9-11-7-12(15)14(17-4)13(8-11)18-6-2/h7-8,10,16H,5-6,9H2,1-4H3/t10-/m1/s1. The van der Waals surface area contributed by atoms with Gasteiger partial charge in [-0.3, -0.25) is 0 Å². The molecule has 0 aliphatic carbocycles. The van der Waals surface area contributed by atoms with Crippen LogP contribution in [0.5, 0.6) is 11.5 Å². The van der Waals surface area contributed by atoms with Gasteiger partial charge in [0.15, 0.2) is 11.5 Å². The van der Waals surface area contributed by atoms with E-state index in [1.165, 1.54) is 0 Å². The second-order valence-corrected chi connectivity index (χ2v) is 4.64. The molecule has 1 N–H and O–H groups in total. The molecule has 0 unspecified atom stereocenters. The molecule has 1 aromatic rings. The number of hydrogen-bond acceptors (Lipinski definition) is 3. The Morgan fingerprint density at radius 1 is 1.33 bits per heavy atom. The molecule has 0 radical (unpaired) electrons. The molecule has 0 fully saturated rings. The number of benzene rings is 1. The van der Waals surface area contributed by atoms with E-state index in [2.05, 4.69) is 19.2 Å². The molecule has 0 amide bonds. The van der Waals surface area contributed by atoms with Gasteiger partial charge in [-0.25, -0.2) is 0 Å². The van der Waals surface area contributed by atoms with Crippen molar-refractivity contribution < 1.29 is 9.47 Å². The highest BCUT2D eigenvalue weighted by Gasteiger charge is 2.11. The van der Waals surface area contributed by atoms with Crippen LogP contribution in [-0.4, -0.2) is 19.8 Å². The third-order valence-corrected chi connectivity index (χ3v) is 3.12. The molecule has 1 aromatic carbocycles. The zero-order valence-corrected chi connectivity index (χ0v) is 12.3. The molecule has 3 nitrogen and oxygen atoms in total. The number of hydrogen-bond donors (Lipinski definition) is 1. The zero-order valence-electron chi connectivity index (χ0n) is 11.5. The van der Waals surface area contributed by atoms with E-state index in [4.69, 9.17) is 21.1 Å². The lowest BCUT2D eigenvalue weighted by Crippen LogP contribution is -2.24. The maximum atomic E-state index is 6.19. The average molecular weight is 272 g/mol. The van der Waals surface area contributed by atoms with Crippen LogP contribution in [0.4, 0.5) is 0 Å². The molecule has 1 atom stereocenters. The van der Waals surface area contributed by atoms with Crippen molar-refractivity contribution in [1.82, 2.24) is 5.32 Å². The van der Waals surface area contributed by atoms with Gasteiger partial charge in [0, 0.05) is 12.6 Å². The highest BCUT2D eigenvalue weighted by molar-refractivity contribution is 6.32. The monoisotopic (exact) mass is 271 g/mol. The van der Waals surface area contributed by atoms with Crippen molar-refractivity contribution in [3.8, 4) is 11.5 Å². The second-order valence-electron chi connectivity index (χ2n) is 4.23. The third kappa shape index (κ3) is 4.07. The molecular formula is C14H22ClNO2. The van der Waals surface area contributed by atoms with Crippen LogP contribution in [0.25, 0.3) is 0 Å². The Labute approximate surface area is 114 Å².